The number of carbonyl (C=O) groups excluding carboxylic acids is 1. The summed E-state index contributed by atoms with van der Waals surface area (Å²) in [5, 5.41) is 20.1. The summed E-state index contributed by atoms with van der Waals surface area (Å²) >= 11 is 0. The third kappa shape index (κ3) is 8.11. The number of ether oxygens (including phenoxy) is 1. The van der Waals surface area contributed by atoms with Crippen LogP contribution in [0.4, 0.5) is 0 Å². The number of hydrogen-bond acceptors (Lipinski definition) is 5. The van der Waals surface area contributed by atoms with Gasteiger partial charge in [-0.25, -0.2) is 0 Å². The number of carboxylic acid groups (broad SMARTS) is 2. The monoisotopic (exact) mass is 276 g/mol. The fraction of sp³-hybridized carbons (Fsp3) is 0.727. The Bertz CT molecular complexity index is 320. The summed E-state index contributed by atoms with van der Waals surface area (Å²) in [7, 11) is 1.50. The molecule has 0 aliphatic heterocycles. The Morgan fingerprint density at radius 2 is 1.95 bits per heavy atom. The van der Waals surface area contributed by atoms with E-state index in [0.29, 0.717) is 13.2 Å². The standard InChI is InChI=1S/C11H20N2O6/c1-8(11(17)18)13(5-3-10(15)16)7-9(14)12-4-6-19-2/h8H,3-7H2,1-2H3,(H,12,14)(H,15,16)(H,17,18). The van der Waals surface area contributed by atoms with Crippen LogP contribution in [-0.4, -0.2) is 72.4 Å². The highest BCUT2D eigenvalue weighted by atomic mass is 16.5. The first-order valence-corrected chi connectivity index (χ1v) is 5.82. The number of aliphatic carboxylic acids is 2. The SMILES string of the molecule is COCCNC(=O)CN(CCC(=O)O)C(C)C(=O)O. The third-order valence-electron chi connectivity index (χ3n) is 2.49. The molecule has 1 amide bonds. The summed E-state index contributed by atoms with van der Waals surface area (Å²) in [5.74, 6) is -2.51. The van der Waals surface area contributed by atoms with E-state index in [1.54, 1.807) is 0 Å². The number of carbonyl (C=O) groups is 3. The third-order valence-corrected chi connectivity index (χ3v) is 2.49. The molecule has 0 aromatic heterocycles. The molecular weight excluding hydrogens is 256 g/mol. The summed E-state index contributed by atoms with van der Waals surface area (Å²) in [6, 6.07) is -0.924. The van der Waals surface area contributed by atoms with Gasteiger partial charge in [0, 0.05) is 20.2 Å². The molecule has 1 atom stereocenters. The fourth-order valence-electron chi connectivity index (χ4n) is 1.34. The zero-order valence-corrected chi connectivity index (χ0v) is 11.1. The predicted octanol–water partition coefficient (Wildman–Crippen LogP) is -1.00. The predicted molar refractivity (Wildman–Crippen MR) is 65.8 cm³/mol. The molecule has 0 aromatic carbocycles. The topological polar surface area (TPSA) is 116 Å². The highest BCUT2D eigenvalue weighted by molar-refractivity contribution is 5.80. The maximum atomic E-state index is 11.6. The van der Waals surface area contributed by atoms with Gasteiger partial charge in [-0.15, -0.1) is 0 Å². The van der Waals surface area contributed by atoms with Crippen LogP contribution in [0, 0.1) is 0 Å². The zero-order valence-electron chi connectivity index (χ0n) is 11.1. The van der Waals surface area contributed by atoms with Crippen LogP contribution < -0.4 is 5.32 Å². The van der Waals surface area contributed by atoms with Crippen molar-refractivity contribution in [3.63, 3.8) is 0 Å². The number of nitrogens with one attached hydrogen (secondary N) is 1. The van der Waals surface area contributed by atoms with E-state index in [9.17, 15) is 14.4 Å². The highest BCUT2D eigenvalue weighted by Crippen LogP contribution is 2.01. The van der Waals surface area contributed by atoms with Gasteiger partial charge in [-0.2, -0.15) is 0 Å². The van der Waals surface area contributed by atoms with E-state index in [0.717, 1.165) is 0 Å². The van der Waals surface area contributed by atoms with Crippen LogP contribution in [0.15, 0.2) is 0 Å². The van der Waals surface area contributed by atoms with E-state index in [-0.39, 0.29) is 25.4 Å². The molecule has 8 nitrogen and oxygen atoms in total. The second kappa shape index (κ2) is 9.29. The van der Waals surface area contributed by atoms with Crippen LogP contribution in [0.25, 0.3) is 0 Å². The second-order valence-electron chi connectivity index (χ2n) is 3.97. The Morgan fingerprint density at radius 3 is 2.42 bits per heavy atom. The molecule has 0 heterocycles. The van der Waals surface area contributed by atoms with E-state index >= 15 is 0 Å². The number of nitrogens with zero attached hydrogens (tertiary/aromatic N) is 1. The lowest BCUT2D eigenvalue weighted by atomic mass is 10.2. The number of hydrogen-bond donors (Lipinski definition) is 3. The van der Waals surface area contributed by atoms with Crippen molar-refractivity contribution in [2.75, 3.05) is 33.4 Å². The number of carboxylic acids is 2. The van der Waals surface area contributed by atoms with Gasteiger partial charge in [0.25, 0.3) is 0 Å². The van der Waals surface area contributed by atoms with Crippen LogP contribution in [0.5, 0.6) is 0 Å². The average molecular weight is 276 g/mol. The molecule has 0 saturated carbocycles. The molecule has 0 fully saturated rings. The minimum atomic E-state index is -1.10. The van der Waals surface area contributed by atoms with Crippen molar-refractivity contribution in [1.29, 1.82) is 0 Å². The number of rotatable bonds is 10. The van der Waals surface area contributed by atoms with Crippen molar-refractivity contribution in [1.82, 2.24) is 10.2 Å². The number of amides is 1. The Labute approximate surface area is 111 Å². The first-order valence-electron chi connectivity index (χ1n) is 5.82. The van der Waals surface area contributed by atoms with Crippen molar-refractivity contribution >= 4 is 17.8 Å². The first kappa shape index (κ1) is 17.3. The van der Waals surface area contributed by atoms with Crippen molar-refractivity contribution in [3.05, 3.63) is 0 Å². The van der Waals surface area contributed by atoms with E-state index < -0.39 is 18.0 Å². The molecule has 8 heteroatoms. The molecule has 1 unspecified atom stereocenters. The van der Waals surface area contributed by atoms with Gasteiger partial charge in [0.15, 0.2) is 0 Å². The molecule has 0 saturated heterocycles. The molecular formula is C11H20N2O6. The number of methoxy groups -OCH3 is 1. The van der Waals surface area contributed by atoms with Crippen molar-refractivity contribution in [2.45, 2.75) is 19.4 Å². The molecule has 0 aromatic rings. The summed E-state index contributed by atoms with van der Waals surface area (Å²) < 4.78 is 4.76. The smallest absolute Gasteiger partial charge is 0.320 e. The molecule has 3 N–H and O–H groups in total. The van der Waals surface area contributed by atoms with Crippen molar-refractivity contribution in [3.8, 4) is 0 Å². The van der Waals surface area contributed by atoms with Gasteiger partial charge in [-0.1, -0.05) is 0 Å². The van der Waals surface area contributed by atoms with Crippen molar-refractivity contribution in [2.24, 2.45) is 0 Å². The minimum absolute atomic E-state index is 0.000494. The van der Waals surface area contributed by atoms with Crippen LogP contribution in [0.1, 0.15) is 13.3 Å². The Kier molecular flexibility index (Phi) is 8.47. The minimum Gasteiger partial charge on any atom is -0.481 e. The maximum Gasteiger partial charge on any atom is 0.320 e. The van der Waals surface area contributed by atoms with Gasteiger partial charge in [-0.05, 0) is 6.92 Å². The summed E-state index contributed by atoms with van der Waals surface area (Å²) in [6.07, 6.45) is -0.219. The van der Waals surface area contributed by atoms with Gasteiger partial charge >= 0.3 is 11.9 Å². The van der Waals surface area contributed by atoms with E-state index in [1.165, 1.54) is 18.9 Å². The molecule has 0 radical (unpaired) electrons. The zero-order chi connectivity index (χ0) is 14.8. The quantitative estimate of drug-likeness (QED) is 0.438. The lowest BCUT2D eigenvalue weighted by Crippen LogP contribution is -2.46. The largest absolute Gasteiger partial charge is 0.481 e. The van der Waals surface area contributed by atoms with Gasteiger partial charge in [-0.3, -0.25) is 19.3 Å². The molecule has 0 aliphatic carbocycles. The molecule has 110 valence electrons. The summed E-state index contributed by atoms with van der Waals surface area (Å²) in [5.41, 5.74) is 0. The normalized spacial score (nSPS) is 12.2. The summed E-state index contributed by atoms with van der Waals surface area (Å²) in [4.78, 5) is 34.2. The van der Waals surface area contributed by atoms with Crippen LogP contribution >= 0.6 is 0 Å². The Hall–Kier alpha value is -1.67. The Balaban J connectivity index is 4.35. The van der Waals surface area contributed by atoms with Gasteiger partial charge in [0.2, 0.25) is 5.91 Å². The van der Waals surface area contributed by atoms with E-state index in [4.69, 9.17) is 14.9 Å². The van der Waals surface area contributed by atoms with Crippen LogP contribution in [0.2, 0.25) is 0 Å². The van der Waals surface area contributed by atoms with Crippen LogP contribution in [0.3, 0.4) is 0 Å². The fourth-order valence-corrected chi connectivity index (χ4v) is 1.34. The Morgan fingerprint density at radius 1 is 1.32 bits per heavy atom. The molecule has 0 aliphatic rings. The van der Waals surface area contributed by atoms with Gasteiger partial charge in [0.05, 0.1) is 19.6 Å². The molecule has 19 heavy (non-hydrogen) atoms. The lowest BCUT2D eigenvalue weighted by molar-refractivity contribution is -0.145. The average Bonchev–Trinajstić information content (AvgIpc) is 2.33. The van der Waals surface area contributed by atoms with Crippen molar-refractivity contribution < 1.29 is 29.3 Å². The van der Waals surface area contributed by atoms with Crippen LogP contribution in [-0.2, 0) is 19.1 Å². The first-order chi connectivity index (χ1) is 8.88. The molecule has 0 spiro atoms. The van der Waals surface area contributed by atoms with Gasteiger partial charge in [0.1, 0.15) is 6.04 Å². The maximum absolute atomic E-state index is 11.6. The van der Waals surface area contributed by atoms with E-state index in [2.05, 4.69) is 5.32 Å². The lowest BCUT2D eigenvalue weighted by Gasteiger charge is -2.24. The van der Waals surface area contributed by atoms with Gasteiger partial charge < -0.3 is 20.3 Å². The highest BCUT2D eigenvalue weighted by Gasteiger charge is 2.23. The van der Waals surface area contributed by atoms with E-state index in [1.807, 2.05) is 0 Å². The summed E-state index contributed by atoms with van der Waals surface area (Å²) in [6.45, 7) is 1.93. The molecule has 0 rings (SSSR count). The molecule has 0 bridgehead atoms. The second-order valence-corrected chi connectivity index (χ2v) is 3.97.